The number of nitrogens with two attached hydrogens (primary N) is 1. The second kappa shape index (κ2) is 6.98. The number of hydrogen-bond acceptors (Lipinski definition) is 5. The molecule has 5 nitrogen and oxygen atoms in total. The molecule has 0 atom stereocenters. The Morgan fingerprint density at radius 1 is 1.29 bits per heavy atom. The smallest absolute Gasteiger partial charge is 0.121 e. The molecule has 0 heterocycles. The third-order valence-electron chi connectivity index (χ3n) is 2.51. The van der Waals surface area contributed by atoms with Crippen LogP contribution in [-0.4, -0.2) is 45.6 Å². The van der Waals surface area contributed by atoms with E-state index in [0.29, 0.717) is 25.4 Å². The number of anilines is 2. The Morgan fingerprint density at radius 2 is 2.06 bits per heavy atom. The van der Waals surface area contributed by atoms with Crippen molar-refractivity contribution < 1.29 is 14.6 Å². The third kappa shape index (κ3) is 3.80. The minimum Gasteiger partial charge on any atom is -0.497 e. The molecular formula is C12H20N2O3. The van der Waals surface area contributed by atoms with E-state index in [-0.39, 0.29) is 6.61 Å². The van der Waals surface area contributed by atoms with Gasteiger partial charge in [0.25, 0.3) is 0 Å². The van der Waals surface area contributed by atoms with Gasteiger partial charge in [0.05, 0.1) is 31.7 Å². The predicted molar refractivity (Wildman–Crippen MR) is 68.6 cm³/mol. The second-order valence-corrected chi connectivity index (χ2v) is 3.63. The zero-order valence-corrected chi connectivity index (χ0v) is 10.3. The van der Waals surface area contributed by atoms with Gasteiger partial charge in [0, 0.05) is 26.3 Å². The summed E-state index contributed by atoms with van der Waals surface area (Å²) in [5.74, 6) is 0.724. The molecule has 1 rings (SSSR count). The zero-order chi connectivity index (χ0) is 12.7. The average molecular weight is 240 g/mol. The van der Waals surface area contributed by atoms with Gasteiger partial charge in [0.2, 0.25) is 0 Å². The molecule has 0 fully saturated rings. The summed E-state index contributed by atoms with van der Waals surface area (Å²) < 4.78 is 10.1. The Morgan fingerprint density at radius 3 is 2.59 bits per heavy atom. The maximum atomic E-state index is 9.04. The molecule has 1 aromatic carbocycles. The standard InChI is InChI=1S/C12H20N2O3/c1-16-8-6-14(5-7-15)12-4-3-10(17-2)9-11(12)13/h3-4,9,15H,5-8,13H2,1-2H3. The fourth-order valence-electron chi connectivity index (χ4n) is 1.62. The monoisotopic (exact) mass is 240 g/mol. The Hall–Kier alpha value is -1.46. The summed E-state index contributed by atoms with van der Waals surface area (Å²) in [5.41, 5.74) is 7.47. The molecule has 0 aliphatic heterocycles. The highest BCUT2D eigenvalue weighted by atomic mass is 16.5. The van der Waals surface area contributed by atoms with Crippen molar-refractivity contribution in [3.63, 3.8) is 0 Å². The average Bonchev–Trinajstić information content (AvgIpc) is 2.34. The van der Waals surface area contributed by atoms with E-state index in [2.05, 4.69) is 0 Å². The van der Waals surface area contributed by atoms with Gasteiger partial charge in [-0.3, -0.25) is 0 Å². The lowest BCUT2D eigenvalue weighted by atomic mass is 10.2. The van der Waals surface area contributed by atoms with Gasteiger partial charge in [-0.1, -0.05) is 0 Å². The van der Waals surface area contributed by atoms with Crippen molar-refractivity contribution in [1.82, 2.24) is 0 Å². The first-order valence-corrected chi connectivity index (χ1v) is 5.51. The van der Waals surface area contributed by atoms with Crippen LogP contribution in [0.15, 0.2) is 18.2 Å². The molecular weight excluding hydrogens is 220 g/mol. The van der Waals surface area contributed by atoms with Crippen LogP contribution < -0.4 is 15.4 Å². The molecule has 17 heavy (non-hydrogen) atoms. The number of nitrogens with zero attached hydrogens (tertiary/aromatic N) is 1. The lowest BCUT2D eigenvalue weighted by Crippen LogP contribution is -2.30. The van der Waals surface area contributed by atoms with Gasteiger partial charge < -0.3 is 25.2 Å². The van der Waals surface area contributed by atoms with Crippen LogP contribution in [0.4, 0.5) is 11.4 Å². The number of benzene rings is 1. The first-order valence-electron chi connectivity index (χ1n) is 5.51. The normalized spacial score (nSPS) is 10.3. The van der Waals surface area contributed by atoms with Gasteiger partial charge in [0.15, 0.2) is 0 Å². The topological polar surface area (TPSA) is 68.0 Å². The van der Waals surface area contributed by atoms with E-state index in [0.717, 1.165) is 11.4 Å². The van der Waals surface area contributed by atoms with Crippen molar-refractivity contribution in [3.8, 4) is 5.75 Å². The van der Waals surface area contributed by atoms with Crippen molar-refractivity contribution in [1.29, 1.82) is 0 Å². The van der Waals surface area contributed by atoms with Crippen LogP contribution in [-0.2, 0) is 4.74 Å². The molecule has 96 valence electrons. The molecule has 0 saturated carbocycles. The minimum atomic E-state index is 0.0786. The van der Waals surface area contributed by atoms with Crippen molar-refractivity contribution in [2.45, 2.75) is 0 Å². The minimum absolute atomic E-state index is 0.0786. The van der Waals surface area contributed by atoms with Crippen molar-refractivity contribution >= 4 is 11.4 Å². The number of aliphatic hydroxyl groups is 1. The molecule has 5 heteroatoms. The van der Waals surface area contributed by atoms with Crippen LogP contribution in [0.25, 0.3) is 0 Å². The predicted octanol–water partition coefficient (Wildman–Crippen LogP) is 0.723. The van der Waals surface area contributed by atoms with E-state index < -0.39 is 0 Å². The molecule has 0 amide bonds. The van der Waals surface area contributed by atoms with Crippen molar-refractivity contribution in [3.05, 3.63) is 18.2 Å². The van der Waals surface area contributed by atoms with Gasteiger partial charge in [-0.15, -0.1) is 0 Å². The first-order chi connectivity index (χ1) is 8.22. The van der Waals surface area contributed by atoms with Gasteiger partial charge in [0.1, 0.15) is 5.75 Å². The molecule has 0 bridgehead atoms. The fraction of sp³-hybridized carbons (Fsp3) is 0.500. The van der Waals surface area contributed by atoms with E-state index >= 15 is 0 Å². The second-order valence-electron chi connectivity index (χ2n) is 3.63. The molecule has 0 aromatic heterocycles. The molecule has 1 aromatic rings. The maximum Gasteiger partial charge on any atom is 0.121 e. The van der Waals surface area contributed by atoms with Crippen LogP contribution in [0, 0.1) is 0 Å². The highest BCUT2D eigenvalue weighted by Gasteiger charge is 2.09. The van der Waals surface area contributed by atoms with E-state index in [9.17, 15) is 0 Å². The number of ether oxygens (including phenoxy) is 2. The molecule has 0 aliphatic rings. The molecule has 0 radical (unpaired) electrons. The molecule has 3 N–H and O–H groups in total. The molecule has 0 unspecified atom stereocenters. The summed E-state index contributed by atoms with van der Waals surface area (Å²) in [6.07, 6.45) is 0. The van der Waals surface area contributed by atoms with Crippen LogP contribution in [0.5, 0.6) is 5.75 Å². The zero-order valence-electron chi connectivity index (χ0n) is 10.3. The van der Waals surface area contributed by atoms with E-state index in [1.165, 1.54) is 0 Å². The Kier molecular flexibility index (Phi) is 5.59. The SMILES string of the molecule is COCCN(CCO)c1ccc(OC)cc1N. The summed E-state index contributed by atoms with van der Waals surface area (Å²) in [6, 6.07) is 5.51. The number of rotatable bonds is 7. The van der Waals surface area contributed by atoms with Crippen molar-refractivity contribution in [2.75, 3.05) is 51.2 Å². The van der Waals surface area contributed by atoms with E-state index in [1.54, 1.807) is 20.3 Å². The van der Waals surface area contributed by atoms with Gasteiger partial charge in [-0.05, 0) is 12.1 Å². The molecule has 0 spiro atoms. The van der Waals surface area contributed by atoms with Gasteiger partial charge in [-0.25, -0.2) is 0 Å². The highest BCUT2D eigenvalue weighted by molar-refractivity contribution is 5.69. The Balaban J connectivity index is 2.85. The summed E-state index contributed by atoms with van der Waals surface area (Å²) in [4.78, 5) is 1.98. The van der Waals surface area contributed by atoms with Crippen molar-refractivity contribution in [2.24, 2.45) is 0 Å². The number of aliphatic hydroxyl groups excluding tert-OH is 1. The first kappa shape index (κ1) is 13.6. The van der Waals surface area contributed by atoms with Crippen LogP contribution in [0.2, 0.25) is 0 Å². The summed E-state index contributed by atoms with van der Waals surface area (Å²) >= 11 is 0. The molecule has 0 saturated heterocycles. The lowest BCUT2D eigenvalue weighted by Gasteiger charge is -2.25. The lowest BCUT2D eigenvalue weighted by molar-refractivity contribution is 0.203. The number of nitrogen functional groups attached to an aromatic ring is 1. The number of methoxy groups -OCH3 is 2. The third-order valence-corrected chi connectivity index (χ3v) is 2.51. The summed E-state index contributed by atoms with van der Waals surface area (Å²) in [6.45, 7) is 1.88. The summed E-state index contributed by atoms with van der Waals surface area (Å²) in [7, 11) is 3.25. The van der Waals surface area contributed by atoms with Crippen LogP contribution in [0.3, 0.4) is 0 Å². The van der Waals surface area contributed by atoms with E-state index in [1.807, 2.05) is 17.0 Å². The Labute approximate surface area is 102 Å². The highest BCUT2D eigenvalue weighted by Crippen LogP contribution is 2.27. The van der Waals surface area contributed by atoms with Crippen LogP contribution in [0.1, 0.15) is 0 Å². The quantitative estimate of drug-likeness (QED) is 0.687. The Bertz CT molecular complexity index is 345. The fourth-order valence-corrected chi connectivity index (χ4v) is 1.62. The number of hydrogen-bond donors (Lipinski definition) is 2. The largest absolute Gasteiger partial charge is 0.497 e. The van der Waals surface area contributed by atoms with E-state index in [4.69, 9.17) is 20.3 Å². The summed E-state index contributed by atoms with van der Waals surface area (Å²) in [5, 5.41) is 9.04. The molecule has 0 aliphatic carbocycles. The van der Waals surface area contributed by atoms with Gasteiger partial charge >= 0.3 is 0 Å². The van der Waals surface area contributed by atoms with Crippen LogP contribution >= 0.6 is 0 Å². The maximum absolute atomic E-state index is 9.04. The van der Waals surface area contributed by atoms with Gasteiger partial charge in [-0.2, -0.15) is 0 Å².